The molecule has 0 bridgehead atoms. The van der Waals surface area contributed by atoms with Gasteiger partial charge < -0.3 is 0 Å². The maximum Gasteiger partial charge on any atom is 0.251 e. The minimum atomic E-state index is -2.29. The zero-order valence-electron chi connectivity index (χ0n) is 13.6. The number of alkyl halides is 2. The van der Waals surface area contributed by atoms with Gasteiger partial charge in [-0.1, -0.05) is 34.6 Å². The van der Waals surface area contributed by atoms with Gasteiger partial charge in [0.15, 0.2) is 0 Å². The van der Waals surface area contributed by atoms with E-state index in [-0.39, 0.29) is 18.3 Å². The summed E-state index contributed by atoms with van der Waals surface area (Å²) in [6.45, 7) is 11.6. The summed E-state index contributed by atoms with van der Waals surface area (Å²) in [6.07, 6.45) is 2.21. The van der Waals surface area contributed by atoms with Gasteiger partial charge in [0.1, 0.15) is 0 Å². The van der Waals surface area contributed by atoms with Crippen molar-refractivity contribution < 1.29 is 8.78 Å². The number of nitriles is 2. The van der Waals surface area contributed by atoms with Crippen LogP contribution in [0.1, 0.15) is 60.8 Å². The second kappa shape index (κ2) is 10.6. The van der Waals surface area contributed by atoms with E-state index < -0.39 is 5.92 Å². The molecule has 2 fully saturated rings. The molecule has 0 amide bonds. The van der Waals surface area contributed by atoms with Gasteiger partial charge in [-0.15, -0.1) is 0 Å². The molecule has 0 aromatic heterocycles. The summed E-state index contributed by atoms with van der Waals surface area (Å²) in [5.41, 5.74) is 0. The third kappa shape index (κ3) is 10.7. The first-order chi connectivity index (χ1) is 9.28. The molecule has 20 heavy (non-hydrogen) atoms. The van der Waals surface area contributed by atoms with Gasteiger partial charge in [0.25, 0.3) is 5.92 Å². The second-order valence-electron chi connectivity index (χ2n) is 5.25. The Morgan fingerprint density at radius 3 is 1.60 bits per heavy atom. The maximum absolute atomic E-state index is 11.5. The molecular weight excluding hydrogens is 258 g/mol. The third-order valence-electron chi connectivity index (χ3n) is 3.25. The molecule has 2 rings (SSSR count). The fraction of sp³-hybridized carbons (Fsp3) is 0.875. The molecule has 2 nitrogen and oxygen atoms in total. The molecule has 0 radical (unpaired) electrons. The largest absolute Gasteiger partial charge is 0.251 e. The quantitative estimate of drug-likeness (QED) is 0.647. The second-order valence-corrected chi connectivity index (χ2v) is 5.25. The van der Waals surface area contributed by atoms with Gasteiger partial charge in [0.05, 0.1) is 12.1 Å². The van der Waals surface area contributed by atoms with Crippen molar-refractivity contribution in [2.24, 2.45) is 23.7 Å². The Balaban J connectivity index is 0. The summed E-state index contributed by atoms with van der Waals surface area (Å²) in [6, 6.07) is 4.30. The lowest BCUT2D eigenvalue weighted by molar-refractivity contribution is 0.102. The van der Waals surface area contributed by atoms with E-state index in [2.05, 4.69) is 19.1 Å². The molecule has 4 atom stereocenters. The molecule has 0 N–H and O–H groups in total. The summed E-state index contributed by atoms with van der Waals surface area (Å²) in [4.78, 5) is 0. The number of hydrogen-bond donors (Lipinski definition) is 0. The van der Waals surface area contributed by atoms with Crippen LogP contribution in [0.3, 0.4) is 0 Å². The van der Waals surface area contributed by atoms with E-state index in [1.807, 2.05) is 27.7 Å². The lowest BCUT2D eigenvalue weighted by atomic mass is 10.2. The van der Waals surface area contributed by atoms with Crippen molar-refractivity contribution in [3.63, 3.8) is 0 Å². The monoisotopic (exact) mass is 286 g/mol. The van der Waals surface area contributed by atoms with Crippen LogP contribution in [-0.4, -0.2) is 5.92 Å². The lowest BCUT2D eigenvalue weighted by Crippen LogP contribution is -1.87. The van der Waals surface area contributed by atoms with Gasteiger partial charge in [-0.3, -0.25) is 0 Å². The fourth-order valence-corrected chi connectivity index (χ4v) is 0.943. The maximum atomic E-state index is 11.5. The molecule has 2 aliphatic carbocycles. The molecule has 0 heterocycles. The molecule has 1 unspecified atom stereocenters. The Morgan fingerprint density at radius 2 is 1.60 bits per heavy atom. The van der Waals surface area contributed by atoms with Crippen LogP contribution >= 0.6 is 0 Å². The lowest BCUT2D eigenvalue weighted by Gasteiger charge is -1.87. The van der Waals surface area contributed by atoms with Crippen LogP contribution in [0.4, 0.5) is 8.78 Å². The minimum absolute atomic E-state index is 0.104. The summed E-state index contributed by atoms with van der Waals surface area (Å²) in [7, 11) is 0. The highest BCUT2D eigenvalue weighted by atomic mass is 19.3. The van der Waals surface area contributed by atoms with Crippen molar-refractivity contribution in [3.05, 3.63) is 0 Å². The van der Waals surface area contributed by atoms with E-state index in [0.717, 1.165) is 12.8 Å². The van der Waals surface area contributed by atoms with Crippen LogP contribution in [0.2, 0.25) is 0 Å². The molecule has 0 aromatic rings. The summed E-state index contributed by atoms with van der Waals surface area (Å²) in [5, 5.41) is 16.2. The van der Waals surface area contributed by atoms with Crippen LogP contribution < -0.4 is 0 Å². The van der Waals surface area contributed by atoms with Crippen LogP contribution in [0.15, 0.2) is 0 Å². The van der Waals surface area contributed by atoms with Crippen molar-refractivity contribution in [2.75, 3.05) is 0 Å². The molecule has 0 spiro atoms. The van der Waals surface area contributed by atoms with Gasteiger partial charge in [-0.2, -0.15) is 10.5 Å². The number of halogens is 2. The van der Waals surface area contributed by atoms with Crippen LogP contribution in [0, 0.1) is 46.3 Å². The summed E-state index contributed by atoms with van der Waals surface area (Å²) >= 11 is 0. The smallest absolute Gasteiger partial charge is 0.207 e. The molecule has 2 saturated carbocycles. The van der Waals surface area contributed by atoms with Crippen molar-refractivity contribution in [3.8, 4) is 12.1 Å². The average Bonchev–Trinajstić information content (AvgIpc) is 3.30. The Hall–Kier alpha value is -1.16. The predicted molar refractivity (Wildman–Crippen MR) is 78.0 cm³/mol. The first-order valence-corrected chi connectivity index (χ1v) is 7.45. The Bertz CT molecular complexity index is 314. The first kappa shape index (κ1) is 21.1. The van der Waals surface area contributed by atoms with Crippen LogP contribution in [0.25, 0.3) is 0 Å². The minimum Gasteiger partial charge on any atom is -0.207 e. The Kier molecular flexibility index (Phi) is 11.2. The van der Waals surface area contributed by atoms with Crippen LogP contribution in [-0.2, 0) is 0 Å². The highest BCUT2D eigenvalue weighted by Crippen LogP contribution is 2.47. The van der Waals surface area contributed by atoms with E-state index >= 15 is 0 Å². The van der Waals surface area contributed by atoms with Gasteiger partial charge in [0.2, 0.25) is 0 Å². The normalized spacial score (nSPS) is 28.4. The van der Waals surface area contributed by atoms with Crippen molar-refractivity contribution in [2.45, 2.75) is 66.7 Å². The molecule has 2 aliphatic rings. The number of nitrogens with zero attached hydrogens (tertiary/aromatic N) is 2. The number of hydrogen-bond acceptors (Lipinski definition) is 2. The summed E-state index contributed by atoms with van der Waals surface area (Å²) in [5.74, 6) is -1.28. The zero-order chi connectivity index (χ0) is 16.3. The van der Waals surface area contributed by atoms with E-state index in [1.54, 1.807) is 6.92 Å². The SMILES string of the molecule is CC.CC1CC1(F)F.CC[C@@H](C)C#N.C[C@H]1C[C@@H]1C#N. The number of rotatable bonds is 1. The van der Waals surface area contributed by atoms with Gasteiger partial charge >= 0.3 is 0 Å². The topological polar surface area (TPSA) is 47.6 Å². The van der Waals surface area contributed by atoms with Crippen LogP contribution in [0.5, 0.6) is 0 Å². The van der Waals surface area contributed by atoms with E-state index in [0.29, 0.717) is 11.8 Å². The van der Waals surface area contributed by atoms with E-state index in [1.165, 1.54) is 0 Å². The molecule has 4 heteroatoms. The molecule has 116 valence electrons. The van der Waals surface area contributed by atoms with Gasteiger partial charge in [-0.25, -0.2) is 8.78 Å². The molecule has 0 aliphatic heterocycles. The molecule has 0 saturated heterocycles. The van der Waals surface area contributed by atoms with Gasteiger partial charge in [-0.05, 0) is 25.7 Å². The van der Waals surface area contributed by atoms with Crippen molar-refractivity contribution in [1.29, 1.82) is 10.5 Å². The molecular formula is C16H28F2N2. The van der Waals surface area contributed by atoms with E-state index in [9.17, 15) is 8.78 Å². The third-order valence-corrected chi connectivity index (χ3v) is 3.25. The standard InChI is InChI=1S/C5H7N.C5H9N.C4H6F2.C2H6/c1-4-2-5(4)3-6;1-3-5(2)4-6;1-3-2-4(3,5)6;1-2/h4-5H,2H2,1H3;5H,3H2,1-2H3;3H,2H2,1H3;1-2H3/t4-,5+;5-;;/m01../s1. The van der Waals surface area contributed by atoms with E-state index in [4.69, 9.17) is 10.5 Å². The highest BCUT2D eigenvalue weighted by Gasteiger charge is 2.53. The van der Waals surface area contributed by atoms with Crippen molar-refractivity contribution in [1.82, 2.24) is 0 Å². The fourth-order valence-electron chi connectivity index (χ4n) is 0.943. The Labute approximate surface area is 122 Å². The molecule has 0 aromatic carbocycles. The Morgan fingerprint density at radius 1 is 1.25 bits per heavy atom. The highest BCUT2D eigenvalue weighted by molar-refractivity contribution is 4.98. The zero-order valence-corrected chi connectivity index (χ0v) is 13.6. The van der Waals surface area contributed by atoms with Gasteiger partial charge in [0, 0.05) is 24.2 Å². The predicted octanol–water partition coefficient (Wildman–Crippen LogP) is 5.41. The van der Waals surface area contributed by atoms with Crippen molar-refractivity contribution >= 4 is 0 Å². The summed E-state index contributed by atoms with van der Waals surface area (Å²) < 4.78 is 23.1. The first-order valence-electron chi connectivity index (χ1n) is 7.45. The average molecular weight is 286 g/mol.